The Hall–Kier alpha value is -4.40. The zero-order valence-electron chi connectivity index (χ0n) is 20.3. The van der Waals surface area contributed by atoms with Crippen LogP contribution >= 0.6 is 0 Å². The standard InChI is InChI=1S/C28H29N5O4/c34-24-16-15-19(17-25(24)35)27(28(37)29-20-9-3-1-4-10-20)33(21-11-5-2-6-12-21)26(36)18-32-23-14-8-7-13-22(23)30-31-32/h2,5-8,11-17,20,27,34-35H,1,3-4,9-10,18H2,(H,29,37)/t27-/m1/s1. The van der Waals surface area contributed by atoms with Crippen molar-refractivity contribution in [1.29, 1.82) is 0 Å². The molecule has 1 heterocycles. The second-order valence-electron chi connectivity index (χ2n) is 9.33. The summed E-state index contributed by atoms with van der Waals surface area (Å²) in [6, 6.07) is 19.4. The number of hydrogen-bond acceptors (Lipinski definition) is 6. The fraction of sp³-hybridized carbons (Fsp3) is 0.286. The highest BCUT2D eigenvalue weighted by molar-refractivity contribution is 6.01. The van der Waals surface area contributed by atoms with E-state index in [4.69, 9.17) is 0 Å². The molecule has 190 valence electrons. The molecular formula is C28H29N5O4. The van der Waals surface area contributed by atoms with Crippen molar-refractivity contribution in [2.45, 2.75) is 50.7 Å². The molecule has 1 aromatic heterocycles. The number of carbonyl (C=O) groups is 2. The minimum absolute atomic E-state index is 0.0152. The third-order valence-electron chi connectivity index (χ3n) is 6.78. The Morgan fingerprint density at radius 3 is 2.43 bits per heavy atom. The first kappa shape index (κ1) is 24.3. The summed E-state index contributed by atoms with van der Waals surface area (Å²) in [6.45, 7) is -0.146. The number of phenols is 2. The van der Waals surface area contributed by atoms with Crippen LogP contribution in [0.15, 0.2) is 72.8 Å². The monoisotopic (exact) mass is 499 g/mol. The summed E-state index contributed by atoms with van der Waals surface area (Å²) in [7, 11) is 0. The number of aromatic hydroxyl groups is 2. The van der Waals surface area contributed by atoms with Crippen molar-refractivity contribution in [3.8, 4) is 11.5 Å². The quantitative estimate of drug-likeness (QED) is 0.330. The molecule has 0 spiro atoms. The number of aromatic nitrogens is 3. The second kappa shape index (κ2) is 10.7. The molecule has 1 aliphatic carbocycles. The number of fused-ring (bicyclic) bond motifs is 1. The molecule has 2 amide bonds. The van der Waals surface area contributed by atoms with Gasteiger partial charge in [-0.1, -0.05) is 60.9 Å². The third kappa shape index (κ3) is 5.25. The van der Waals surface area contributed by atoms with E-state index in [9.17, 15) is 19.8 Å². The molecule has 0 radical (unpaired) electrons. The average Bonchev–Trinajstić information content (AvgIpc) is 3.32. The van der Waals surface area contributed by atoms with Crippen molar-refractivity contribution in [2.24, 2.45) is 0 Å². The van der Waals surface area contributed by atoms with E-state index in [1.165, 1.54) is 21.7 Å². The van der Waals surface area contributed by atoms with Gasteiger partial charge in [0, 0.05) is 11.7 Å². The van der Waals surface area contributed by atoms with Gasteiger partial charge in [0.1, 0.15) is 18.1 Å². The summed E-state index contributed by atoms with van der Waals surface area (Å²) in [5, 5.41) is 31.6. The fourth-order valence-corrected chi connectivity index (χ4v) is 4.92. The van der Waals surface area contributed by atoms with E-state index < -0.39 is 6.04 Å². The predicted molar refractivity (Wildman–Crippen MR) is 139 cm³/mol. The highest BCUT2D eigenvalue weighted by atomic mass is 16.3. The van der Waals surface area contributed by atoms with Crippen LogP contribution in [0.1, 0.15) is 43.7 Å². The van der Waals surface area contributed by atoms with Crippen LogP contribution in [0.4, 0.5) is 5.69 Å². The molecule has 1 fully saturated rings. The van der Waals surface area contributed by atoms with E-state index in [2.05, 4.69) is 15.6 Å². The van der Waals surface area contributed by atoms with Crippen molar-refractivity contribution in [3.63, 3.8) is 0 Å². The van der Waals surface area contributed by atoms with Crippen molar-refractivity contribution >= 4 is 28.5 Å². The van der Waals surface area contributed by atoms with Crippen LogP contribution < -0.4 is 10.2 Å². The number of amides is 2. The number of benzene rings is 3. The summed E-state index contributed by atoms with van der Waals surface area (Å²) < 4.78 is 1.51. The largest absolute Gasteiger partial charge is 0.504 e. The Morgan fingerprint density at radius 2 is 1.68 bits per heavy atom. The van der Waals surface area contributed by atoms with Crippen LogP contribution in [-0.2, 0) is 16.1 Å². The summed E-state index contributed by atoms with van der Waals surface area (Å²) in [4.78, 5) is 29.3. The van der Waals surface area contributed by atoms with Gasteiger partial charge in [0.2, 0.25) is 11.8 Å². The van der Waals surface area contributed by atoms with E-state index >= 15 is 0 Å². The summed E-state index contributed by atoms with van der Waals surface area (Å²) in [6.07, 6.45) is 4.97. The van der Waals surface area contributed by atoms with Crippen LogP contribution in [0.3, 0.4) is 0 Å². The topological polar surface area (TPSA) is 121 Å². The van der Waals surface area contributed by atoms with E-state index in [-0.39, 0.29) is 35.9 Å². The molecule has 5 rings (SSSR count). The van der Waals surface area contributed by atoms with Crippen molar-refractivity contribution < 1.29 is 19.8 Å². The molecule has 3 N–H and O–H groups in total. The van der Waals surface area contributed by atoms with Crippen LogP contribution in [0.25, 0.3) is 11.0 Å². The number of anilines is 1. The van der Waals surface area contributed by atoms with Crippen molar-refractivity contribution in [3.05, 3.63) is 78.4 Å². The number of carbonyl (C=O) groups excluding carboxylic acids is 2. The van der Waals surface area contributed by atoms with Gasteiger partial charge in [0.25, 0.3) is 0 Å². The molecule has 9 nitrogen and oxygen atoms in total. The van der Waals surface area contributed by atoms with Crippen LogP contribution in [-0.4, -0.2) is 43.1 Å². The molecule has 1 aliphatic rings. The third-order valence-corrected chi connectivity index (χ3v) is 6.78. The second-order valence-corrected chi connectivity index (χ2v) is 9.33. The lowest BCUT2D eigenvalue weighted by molar-refractivity contribution is -0.127. The lowest BCUT2D eigenvalue weighted by Gasteiger charge is -2.33. The number of rotatable bonds is 7. The number of nitrogens with zero attached hydrogens (tertiary/aromatic N) is 4. The molecule has 3 aromatic carbocycles. The Balaban J connectivity index is 1.56. The van der Waals surface area contributed by atoms with Gasteiger partial charge < -0.3 is 15.5 Å². The highest BCUT2D eigenvalue weighted by Crippen LogP contribution is 2.34. The normalized spacial score (nSPS) is 14.8. The van der Waals surface area contributed by atoms with E-state index in [1.807, 2.05) is 30.3 Å². The van der Waals surface area contributed by atoms with E-state index in [0.29, 0.717) is 22.3 Å². The first-order valence-electron chi connectivity index (χ1n) is 12.5. The number of hydrogen-bond donors (Lipinski definition) is 3. The smallest absolute Gasteiger partial charge is 0.249 e. The van der Waals surface area contributed by atoms with Crippen molar-refractivity contribution in [2.75, 3.05) is 4.90 Å². The van der Waals surface area contributed by atoms with Crippen molar-refractivity contribution in [1.82, 2.24) is 20.3 Å². The number of nitrogens with one attached hydrogen (secondary N) is 1. The lowest BCUT2D eigenvalue weighted by atomic mass is 9.94. The Morgan fingerprint density at radius 1 is 0.946 bits per heavy atom. The SMILES string of the molecule is O=C(NC1CCCCC1)[C@@H](c1ccc(O)c(O)c1)N(C(=O)Cn1nnc2ccccc21)c1ccccc1. The fourth-order valence-electron chi connectivity index (χ4n) is 4.92. The molecule has 9 heteroatoms. The number of para-hydroxylation sites is 2. The van der Waals surface area contributed by atoms with Crippen LogP contribution in [0, 0.1) is 0 Å². The minimum Gasteiger partial charge on any atom is -0.504 e. The van der Waals surface area contributed by atoms with Crippen LogP contribution in [0.2, 0.25) is 0 Å². The molecule has 0 aliphatic heterocycles. The molecule has 0 unspecified atom stereocenters. The van der Waals surface area contributed by atoms with Gasteiger partial charge in [-0.3, -0.25) is 14.5 Å². The van der Waals surface area contributed by atoms with Gasteiger partial charge >= 0.3 is 0 Å². The predicted octanol–water partition coefficient (Wildman–Crippen LogP) is 4.07. The maximum absolute atomic E-state index is 14.0. The van der Waals surface area contributed by atoms with Crippen LogP contribution in [0.5, 0.6) is 11.5 Å². The Kier molecular flexibility index (Phi) is 7.02. The molecule has 1 saturated carbocycles. The van der Waals surface area contributed by atoms with Gasteiger partial charge in [-0.05, 0) is 54.8 Å². The van der Waals surface area contributed by atoms with Gasteiger partial charge in [-0.2, -0.15) is 0 Å². The average molecular weight is 500 g/mol. The van der Waals surface area contributed by atoms with Gasteiger partial charge in [-0.25, -0.2) is 4.68 Å². The first-order chi connectivity index (χ1) is 18.0. The summed E-state index contributed by atoms with van der Waals surface area (Å²) in [5.74, 6) is -1.39. The minimum atomic E-state index is -1.09. The Bertz CT molecular complexity index is 1400. The van der Waals surface area contributed by atoms with Gasteiger partial charge in [0.05, 0.1) is 5.52 Å². The zero-order chi connectivity index (χ0) is 25.8. The van der Waals surface area contributed by atoms with Gasteiger partial charge in [0.15, 0.2) is 11.5 Å². The highest BCUT2D eigenvalue weighted by Gasteiger charge is 2.35. The molecule has 1 atom stereocenters. The molecule has 0 bridgehead atoms. The zero-order valence-corrected chi connectivity index (χ0v) is 20.3. The number of phenolic OH excluding ortho intramolecular Hbond substituents is 2. The molecular weight excluding hydrogens is 470 g/mol. The lowest BCUT2D eigenvalue weighted by Crippen LogP contribution is -2.48. The maximum Gasteiger partial charge on any atom is 0.249 e. The first-order valence-corrected chi connectivity index (χ1v) is 12.5. The van der Waals surface area contributed by atoms with E-state index in [0.717, 1.165) is 32.1 Å². The summed E-state index contributed by atoms with van der Waals surface area (Å²) >= 11 is 0. The summed E-state index contributed by atoms with van der Waals surface area (Å²) in [5.41, 5.74) is 2.27. The molecule has 4 aromatic rings. The van der Waals surface area contributed by atoms with E-state index in [1.54, 1.807) is 30.3 Å². The molecule has 0 saturated heterocycles. The Labute approximate surface area is 214 Å². The molecule has 37 heavy (non-hydrogen) atoms. The maximum atomic E-state index is 14.0. The van der Waals surface area contributed by atoms with Gasteiger partial charge in [-0.15, -0.1) is 5.10 Å².